The lowest BCUT2D eigenvalue weighted by Crippen LogP contribution is -2.41. The molecule has 0 atom stereocenters. The molecule has 22 heavy (non-hydrogen) atoms. The molecule has 1 heterocycles. The molecular formula is C18H29BO2Si. The lowest BCUT2D eigenvalue weighted by molar-refractivity contribution is 0.00578. The minimum Gasteiger partial charge on any atom is -0.400 e. The summed E-state index contributed by atoms with van der Waals surface area (Å²) in [6.07, 6.45) is 0.891. The third-order valence-electron chi connectivity index (χ3n) is 4.43. The van der Waals surface area contributed by atoms with Crippen LogP contribution in [0.3, 0.4) is 0 Å². The molecule has 2 nitrogen and oxygen atoms in total. The van der Waals surface area contributed by atoms with E-state index in [2.05, 4.69) is 83.4 Å². The molecule has 0 aliphatic carbocycles. The molecule has 120 valence electrons. The van der Waals surface area contributed by atoms with Crippen molar-refractivity contribution < 1.29 is 9.31 Å². The van der Waals surface area contributed by atoms with Gasteiger partial charge < -0.3 is 9.31 Å². The highest BCUT2D eigenvalue weighted by molar-refractivity contribution is 6.82. The van der Waals surface area contributed by atoms with Gasteiger partial charge in [-0.3, -0.25) is 0 Å². The summed E-state index contributed by atoms with van der Waals surface area (Å²) in [5.41, 5.74) is 4.44. The molecule has 1 fully saturated rings. The summed E-state index contributed by atoms with van der Waals surface area (Å²) in [4.78, 5) is 0. The largest absolute Gasteiger partial charge is 0.490 e. The standard InChI is InChI=1S/C18H29BO2Si/c1-17(2)18(3,4)21-19(20-17)16(14-22(5,6)7)13-15-11-9-8-10-12-15/h8-12,14H,13H2,1-7H3/b16-14+. The van der Waals surface area contributed by atoms with Crippen molar-refractivity contribution in [2.24, 2.45) is 0 Å². The fourth-order valence-electron chi connectivity index (χ4n) is 2.58. The van der Waals surface area contributed by atoms with E-state index < -0.39 is 8.07 Å². The normalized spacial score (nSPS) is 21.2. The quantitative estimate of drug-likeness (QED) is 0.752. The third-order valence-corrected chi connectivity index (χ3v) is 5.66. The smallest absolute Gasteiger partial charge is 0.400 e. The summed E-state index contributed by atoms with van der Waals surface area (Å²) in [6.45, 7) is 15.5. The van der Waals surface area contributed by atoms with Gasteiger partial charge in [0.15, 0.2) is 0 Å². The van der Waals surface area contributed by atoms with Crippen LogP contribution in [-0.2, 0) is 15.7 Å². The first-order chi connectivity index (χ1) is 10.0. The first-order valence-electron chi connectivity index (χ1n) is 8.11. The predicted molar refractivity (Wildman–Crippen MR) is 97.7 cm³/mol. The van der Waals surface area contributed by atoms with Crippen LogP contribution >= 0.6 is 0 Å². The number of hydrogen-bond donors (Lipinski definition) is 0. The van der Waals surface area contributed by atoms with E-state index in [1.807, 2.05) is 0 Å². The van der Waals surface area contributed by atoms with Crippen molar-refractivity contribution in [1.82, 2.24) is 0 Å². The minimum atomic E-state index is -1.36. The lowest BCUT2D eigenvalue weighted by Gasteiger charge is -2.32. The number of rotatable bonds is 4. The molecule has 1 aliphatic heterocycles. The third kappa shape index (κ3) is 4.12. The highest BCUT2D eigenvalue weighted by Crippen LogP contribution is 2.39. The van der Waals surface area contributed by atoms with E-state index in [4.69, 9.17) is 9.31 Å². The Morgan fingerprint density at radius 1 is 1.00 bits per heavy atom. The molecule has 0 unspecified atom stereocenters. The van der Waals surface area contributed by atoms with Gasteiger partial charge in [-0.2, -0.15) is 0 Å². The van der Waals surface area contributed by atoms with Crippen LogP contribution in [0.25, 0.3) is 0 Å². The topological polar surface area (TPSA) is 18.5 Å². The van der Waals surface area contributed by atoms with Gasteiger partial charge in [0.2, 0.25) is 0 Å². The maximum absolute atomic E-state index is 6.28. The molecule has 0 aromatic heterocycles. The fraction of sp³-hybridized carbons (Fsp3) is 0.556. The summed E-state index contributed by atoms with van der Waals surface area (Å²) in [6, 6.07) is 10.6. The van der Waals surface area contributed by atoms with Crippen molar-refractivity contribution in [2.45, 2.75) is 65.0 Å². The van der Waals surface area contributed by atoms with E-state index in [9.17, 15) is 0 Å². The predicted octanol–water partition coefficient (Wildman–Crippen LogP) is 4.66. The summed E-state index contributed by atoms with van der Waals surface area (Å²) in [5.74, 6) is 0. The first kappa shape index (κ1) is 17.5. The second kappa shape index (κ2) is 5.99. The van der Waals surface area contributed by atoms with Crippen LogP contribution in [0.1, 0.15) is 33.3 Å². The van der Waals surface area contributed by atoms with E-state index in [1.54, 1.807) is 0 Å². The highest BCUT2D eigenvalue weighted by atomic mass is 28.3. The summed E-state index contributed by atoms with van der Waals surface area (Å²) < 4.78 is 12.6. The van der Waals surface area contributed by atoms with E-state index in [-0.39, 0.29) is 18.3 Å². The van der Waals surface area contributed by atoms with Crippen LogP contribution in [0.4, 0.5) is 0 Å². The Balaban J connectivity index is 2.29. The second-order valence-corrected chi connectivity index (χ2v) is 13.4. The van der Waals surface area contributed by atoms with Gasteiger partial charge in [-0.15, -0.1) is 0 Å². The minimum absolute atomic E-state index is 0.239. The van der Waals surface area contributed by atoms with E-state index in [1.165, 1.54) is 11.0 Å². The first-order valence-corrected chi connectivity index (χ1v) is 11.7. The highest BCUT2D eigenvalue weighted by Gasteiger charge is 2.52. The summed E-state index contributed by atoms with van der Waals surface area (Å²) in [5, 5.41) is 0. The maximum atomic E-state index is 6.28. The maximum Gasteiger partial charge on any atom is 0.490 e. The van der Waals surface area contributed by atoms with Crippen molar-refractivity contribution in [3.63, 3.8) is 0 Å². The number of allylic oxidation sites excluding steroid dienone is 1. The molecular weight excluding hydrogens is 287 g/mol. The van der Waals surface area contributed by atoms with Crippen molar-refractivity contribution in [3.05, 3.63) is 47.1 Å². The Morgan fingerprint density at radius 2 is 1.50 bits per heavy atom. The Hall–Kier alpha value is -0.838. The zero-order valence-corrected chi connectivity index (χ0v) is 16.1. The second-order valence-electron chi connectivity index (χ2n) is 8.34. The van der Waals surface area contributed by atoms with Gasteiger partial charge in [-0.25, -0.2) is 0 Å². The van der Waals surface area contributed by atoms with Crippen LogP contribution in [0.2, 0.25) is 19.6 Å². The fourth-order valence-corrected chi connectivity index (χ4v) is 3.94. The molecule has 0 saturated carbocycles. The molecule has 1 aromatic carbocycles. The van der Waals surface area contributed by atoms with E-state index in [0.717, 1.165) is 6.42 Å². The van der Waals surface area contributed by atoms with Gasteiger partial charge in [0.25, 0.3) is 0 Å². The molecule has 4 heteroatoms. The van der Waals surface area contributed by atoms with Crippen molar-refractivity contribution in [1.29, 1.82) is 0 Å². The molecule has 0 spiro atoms. The lowest BCUT2D eigenvalue weighted by atomic mass is 9.76. The van der Waals surface area contributed by atoms with Gasteiger partial charge in [0, 0.05) is 0 Å². The Bertz CT molecular complexity index is 528. The van der Waals surface area contributed by atoms with Crippen LogP contribution < -0.4 is 0 Å². The summed E-state index contributed by atoms with van der Waals surface area (Å²) in [7, 11) is -1.60. The van der Waals surface area contributed by atoms with Crippen molar-refractivity contribution >= 4 is 15.2 Å². The molecule has 1 aliphatic rings. The molecule has 0 N–H and O–H groups in total. The zero-order chi connectivity index (χ0) is 16.6. The van der Waals surface area contributed by atoms with E-state index in [0.29, 0.717) is 0 Å². The van der Waals surface area contributed by atoms with Gasteiger partial charge in [0.05, 0.1) is 19.3 Å². The van der Waals surface area contributed by atoms with Crippen molar-refractivity contribution in [2.75, 3.05) is 0 Å². The summed E-state index contributed by atoms with van der Waals surface area (Å²) >= 11 is 0. The number of hydrogen-bond acceptors (Lipinski definition) is 2. The van der Waals surface area contributed by atoms with Gasteiger partial charge >= 0.3 is 7.12 Å². The van der Waals surface area contributed by atoms with Gasteiger partial charge in [0.1, 0.15) is 0 Å². The molecule has 1 saturated heterocycles. The van der Waals surface area contributed by atoms with E-state index >= 15 is 0 Å². The SMILES string of the molecule is CC1(C)OB(/C(=C/[Si](C)(C)C)Cc2ccccc2)OC1(C)C. The van der Waals surface area contributed by atoms with Crippen LogP contribution in [-0.4, -0.2) is 26.4 Å². The Kier molecular flexibility index (Phi) is 4.77. The average Bonchev–Trinajstić information content (AvgIpc) is 2.57. The van der Waals surface area contributed by atoms with Crippen LogP contribution in [0.15, 0.2) is 41.5 Å². The molecule has 1 aromatic rings. The zero-order valence-electron chi connectivity index (χ0n) is 15.1. The molecule has 2 rings (SSSR count). The molecule has 0 radical (unpaired) electrons. The average molecular weight is 316 g/mol. The Labute approximate surface area is 137 Å². The molecule has 0 amide bonds. The van der Waals surface area contributed by atoms with Gasteiger partial charge in [-0.1, -0.05) is 55.7 Å². The number of benzene rings is 1. The van der Waals surface area contributed by atoms with Crippen molar-refractivity contribution in [3.8, 4) is 0 Å². The molecule has 0 bridgehead atoms. The van der Waals surface area contributed by atoms with Gasteiger partial charge in [-0.05, 0) is 45.2 Å². The van der Waals surface area contributed by atoms with Crippen LogP contribution in [0.5, 0.6) is 0 Å². The van der Waals surface area contributed by atoms with Crippen LogP contribution in [0, 0.1) is 0 Å². The monoisotopic (exact) mass is 316 g/mol. The Morgan fingerprint density at radius 3 is 1.95 bits per heavy atom.